The van der Waals surface area contributed by atoms with Crippen molar-refractivity contribution in [2.75, 3.05) is 23.8 Å². The Morgan fingerprint density at radius 3 is 2.52 bits per heavy atom. The number of ether oxygens (including phenoxy) is 1. The maximum atomic E-state index is 5.44. The molecular weight excluding hydrogens is 314 g/mol. The number of hydrogen-bond acceptors (Lipinski definition) is 6. The molecule has 1 aliphatic heterocycles. The minimum Gasteiger partial charge on any atom is -0.379 e. The van der Waals surface area contributed by atoms with Gasteiger partial charge in [0.2, 0.25) is 0 Å². The van der Waals surface area contributed by atoms with E-state index in [1.807, 2.05) is 48.5 Å². The lowest BCUT2D eigenvalue weighted by atomic mass is 10.2. The van der Waals surface area contributed by atoms with Gasteiger partial charge < -0.3 is 15.4 Å². The molecule has 1 aliphatic rings. The summed E-state index contributed by atoms with van der Waals surface area (Å²) >= 11 is 0. The molecule has 6 heteroatoms. The van der Waals surface area contributed by atoms with E-state index in [4.69, 9.17) is 4.74 Å². The quantitative estimate of drug-likeness (QED) is 0.745. The van der Waals surface area contributed by atoms with Gasteiger partial charge in [0.15, 0.2) is 5.82 Å². The van der Waals surface area contributed by atoms with E-state index in [0.717, 1.165) is 35.9 Å². The highest BCUT2D eigenvalue weighted by Gasteiger charge is 2.17. The maximum absolute atomic E-state index is 5.44. The van der Waals surface area contributed by atoms with Crippen LogP contribution < -0.4 is 10.6 Å². The van der Waals surface area contributed by atoms with E-state index in [-0.39, 0.29) is 6.04 Å². The van der Waals surface area contributed by atoms with Crippen LogP contribution in [0, 0.1) is 0 Å². The van der Waals surface area contributed by atoms with Gasteiger partial charge in [-0.1, -0.05) is 30.3 Å². The lowest BCUT2D eigenvalue weighted by molar-refractivity contribution is 0.195. The van der Waals surface area contributed by atoms with E-state index in [0.29, 0.717) is 12.4 Å². The fourth-order valence-corrected chi connectivity index (χ4v) is 2.74. The van der Waals surface area contributed by atoms with Crippen molar-refractivity contribution in [3.8, 4) is 11.4 Å². The number of anilines is 3. The standard InChI is InChI=1S/C19H19N5O/c1-2-4-14(5-3-1)19-23-17(21-15-6-9-20-10-7-15)12-18(24-19)22-16-8-11-25-13-16/h1-7,9-10,12,16H,8,11,13H2,(H2,20,21,22,23,24). The minimum atomic E-state index is 0.285. The van der Waals surface area contributed by atoms with Crippen LogP contribution in [0.15, 0.2) is 60.9 Å². The van der Waals surface area contributed by atoms with Gasteiger partial charge in [-0.05, 0) is 18.6 Å². The predicted molar refractivity (Wildman–Crippen MR) is 97.8 cm³/mol. The highest BCUT2D eigenvalue weighted by Crippen LogP contribution is 2.23. The minimum absolute atomic E-state index is 0.285. The Kier molecular flexibility index (Phi) is 4.52. The summed E-state index contributed by atoms with van der Waals surface area (Å²) in [7, 11) is 0. The zero-order valence-corrected chi connectivity index (χ0v) is 13.7. The molecule has 0 saturated carbocycles. The van der Waals surface area contributed by atoms with Gasteiger partial charge >= 0.3 is 0 Å². The van der Waals surface area contributed by atoms with Crippen LogP contribution in [0.1, 0.15) is 6.42 Å². The van der Waals surface area contributed by atoms with E-state index in [9.17, 15) is 0 Å². The summed E-state index contributed by atoms with van der Waals surface area (Å²) in [6, 6.07) is 16.0. The SMILES string of the molecule is c1ccc(-c2nc(Nc3ccncc3)cc(NC3CCOC3)n2)cc1. The van der Waals surface area contributed by atoms with Crippen LogP contribution >= 0.6 is 0 Å². The maximum Gasteiger partial charge on any atom is 0.163 e. The number of rotatable bonds is 5. The Morgan fingerprint density at radius 2 is 1.76 bits per heavy atom. The van der Waals surface area contributed by atoms with Gasteiger partial charge in [-0.3, -0.25) is 4.98 Å². The molecule has 4 rings (SSSR count). The van der Waals surface area contributed by atoms with Crippen molar-refractivity contribution in [1.82, 2.24) is 15.0 Å². The van der Waals surface area contributed by atoms with Gasteiger partial charge in [0.1, 0.15) is 11.6 Å². The van der Waals surface area contributed by atoms with E-state index < -0.39 is 0 Å². The predicted octanol–water partition coefficient (Wildman–Crippen LogP) is 3.48. The molecule has 2 aromatic heterocycles. The second-order valence-electron chi connectivity index (χ2n) is 5.89. The summed E-state index contributed by atoms with van der Waals surface area (Å²) < 4.78 is 5.44. The largest absolute Gasteiger partial charge is 0.379 e. The molecule has 6 nitrogen and oxygen atoms in total. The molecule has 126 valence electrons. The summed E-state index contributed by atoms with van der Waals surface area (Å²) in [6.45, 7) is 1.49. The first-order valence-corrected chi connectivity index (χ1v) is 8.33. The van der Waals surface area contributed by atoms with Crippen LogP contribution in [-0.2, 0) is 4.74 Å². The molecule has 1 saturated heterocycles. The highest BCUT2D eigenvalue weighted by molar-refractivity contribution is 5.65. The zero-order valence-electron chi connectivity index (χ0n) is 13.7. The molecule has 2 N–H and O–H groups in total. The molecule has 0 aliphatic carbocycles. The van der Waals surface area contributed by atoms with Crippen LogP contribution in [0.25, 0.3) is 11.4 Å². The molecule has 3 heterocycles. The molecular formula is C19H19N5O. The summed E-state index contributed by atoms with van der Waals surface area (Å²) in [5, 5.41) is 6.77. The van der Waals surface area contributed by atoms with E-state index in [1.54, 1.807) is 12.4 Å². The van der Waals surface area contributed by atoms with Gasteiger partial charge in [0.25, 0.3) is 0 Å². The molecule has 25 heavy (non-hydrogen) atoms. The molecule has 0 bridgehead atoms. The Labute approximate surface area is 146 Å². The number of aromatic nitrogens is 3. The van der Waals surface area contributed by atoms with Crippen molar-refractivity contribution in [2.45, 2.75) is 12.5 Å². The van der Waals surface area contributed by atoms with Crippen LogP contribution in [0.5, 0.6) is 0 Å². The zero-order chi connectivity index (χ0) is 16.9. The van der Waals surface area contributed by atoms with Crippen molar-refractivity contribution in [3.63, 3.8) is 0 Å². The molecule has 0 spiro atoms. The Balaban J connectivity index is 1.66. The van der Waals surface area contributed by atoms with Crippen LogP contribution in [0.4, 0.5) is 17.3 Å². The number of pyridine rings is 1. The third-order valence-corrected chi connectivity index (χ3v) is 3.99. The highest BCUT2D eigenvalue weighted by atomic mass is 16.5. The molecule has 0 radical (unpaired) electrons. The first kappa shape index (κ1) is 15.5. The molecule has 1 unspecified atom stereocenters. The van der Waals surface area contributed by atoms with E-state index in [2.05, 4.69) is 25.6 Å². The van der Waals surface area contributed by atoms with Gasteiger partial charge in [0.05, 0.1) is 12.6 Å². The van der Waals surface area contributed by atoms with Crippen LogP contribution in [-0.4, -0.2) is 34.2 Å². The van der Waals surface area contributed by atoms with Crippen molar-refractivity contribution in [3.05, 3.63) is 60.9 Å². The number of benzene rings is 1. The molecule has 1 aromatic carbocycles. The second-order valence-corrected chi connectivity index (χ2v) is 5.89. The Morgan fingerprint density at radius 1 is 0.960 bits per heavy atom. The third-order valence-electron chi connectivity index (χ3n) is 3.99. The smallest absolute Gasteiger partial charge is 0.163 e. The summed E-state index contributed by atoms with van der Waals surface area (Å²) in [5.74, 6) is 2.21. The first-order chi connectivity index (χ1) is 12.4. The number of nitrogens with zero attached hydrogens (tertiary/aromatic N) is 3. The topological polar surface area (TPSA) is 72.0 Å². The van der Waals surface area contributed by atoms with Crippen molar-refractivity contribution in [2.24, 2.45) is 0 Å². The summed E-state index contributed by atoms with van der Waals surface area (Å²) in [5.41, 5.74) is 1.91. The fraction of sp³-hybridized carbons (Fsp3) is 0.211. The lowest BCUT2D eigenvalue weighted by Gasteiger charge is -2.14. The van der Waals surface area contributed by atoms with Crippen molar-refractivity contribution < 1.29 is 4.74 Å². The average Bonchev–Trinajstić information content (AvgIpc) is 3.16. The summed E-state index contributed by atoms with van der Waals surface area (Å²) in [4.78, 5) is 13.4. The lowest BCUT2D eigenvalue weighted by Crippen LogP contribution is -2.20. The van der Waals surface area contributed by atoms with Gasteiger partial charge in [-0.2, -0.15) is 0 Å². The molecule has 0 amide bonds. The van der Waals surface area contributed by atoms with Crippen LogP contribution in [0.2, 0.25) is 0 Å². The van der Waals surface area contributed by atoms with E-state index in [1.165, 1.54) is 0 Å². The monoisotopic (exact) mass is 333 g/mol. The van der Waals surface area contributed by atoms with E-state index >= 15 is 0 Å². The third kappa shape index (κ3) is 3.92. The van der Waals surface area contributed by atoms with Crippen LogP contribution in [0.3, 0.4) is 0 Å². The Bertz CT molecular complexity index is 820. The molecule has 1 atom stereocenters. The second kappa shape index (κ2) is 7.27. The van der Waals surface area contributed by atoms with Gasteiger partial charge in [-0.15, -0.1) is 0 Å². The average molecular weight is 333 g/mol. The summed E-state index contributed by atoms with van der Waals surface area (Å²) in [6.07, 6.45) is 4.48. The normalized spacial score (nSPS) is 16.6. The number of nitrogens with one attached hydrogen (secondary N) is 2. The van der Waals surface area contributed by atoms with Gasteiger partial charge in [-0.25, -0.2) is 9.97 Å². The molecule has 3 aromatic rings. The van der Waals surface area contributed by atoms with Crippen molar-refractivity contribution in [1.29, 1.82) is 0 Å². The Hall–Kier alpha value is -2.99. The van der Waals surface area contributed by atoms with Crippen molar-refractivity contribution >= 4 is 17.3 Å². The number of hydrogen-bond donors (Lipinski definition) is 2. The fourth-order valence-electron chi connectivity index (χ4n) is 2.74. The first-order valence-electron chi connectivity index (χ1n) is 8.33. The van der Waals surface area contributed by atoms with Gasteiger partial charge in [0, 0.05) is 36.3 Å². The molecule has 1 fully saturated rings.